The van der Waals surface area contributed by atoms with E-state index in [4.69, 9.17) is 23.8 Å². The summed E-state index contributed by atoms with van der Waals surface area (Å²) < 4.78 is 0.352. The van der Waals surface area contributed by atoms with Gasteiger partial charge >= 0.3 is 0 Å². The van der Waals surface area contributed by atoms with Crippen LogP contribution < -0.4 is 5.11 Å². The molecule has 1 fully saturated rings. The standard InChI is InChI=1S/C11H7ClN2O4S2/c1-13-10(16)8(20-11(13)19)3-5-2-6(12)4-7(9(5)15)14(17)18/h2-4,15H,1H3/p-1/b8-3-. The molecule has 0 aromatic heterocycles. The van der Waals surface area contributed by atoms with Crippen molar-refractivity contribution in [3.05, 3.63) is 37.7 Å². The third kappa shape index (κ3) is 2.62. The van der Waals surface area contributed by atoms with E-state index in [1.807, 2.05) is 0 Å². The van der Waals surface area contributed by atoms with Crippen molar-refractivity contribution in [3.8, 4) is 5.75 Å². The largest absolute Gasteiger partial charge is 0.867 e. The van der Waals surface area contributed by atoms with Crippen molar-refractivity contribution in [1.82, 2.24) is 4.90 Å². The van der Waals surface area contributed by atoms with Crippen molar-refractivity contribution < 1.29 is 14.8 Å². The van der Waals surface area contributed by atoms with Gasteiger partial charge in [-0.25, -0.2) is 0 Å². The van der Waals surface area contributed by atoms with Gasteiger partial charge in [0.1, 0.15) is 4.32 Å². The summed E-state index contributed by atoms with van der Waals surface area (Å²) >= 11 is 11.7. The van der Waals surface area contributed by atoms with Crippen LogP contribution >= 0.6 is 35.6 Å². The zero-order valence-corrected chi connectivity index (χ0v) is 12.3. The first-order chi connectivity index (χ1) is 9.31. The van der Waals surface area contributed by atoms with Gasteiger partial charge in [0.05, 0.1) is 9.83 Å². The number of amides is 1. The molecule has 1 aromatic carbocycles. The number of nitro benzene ring substituents is 1. The lowest BCUT2D eigenvalue weighted by Gasteiger charge is -2.11. The number of thiocarbonyl (C=S) groups is 1. The van der Waals surface area contributed by atoms with Crippen LogP contribution in [0.4, 0.5) is 5.69 Å². The zero-order chi connectivity index (χ0) is 15.0. The van der Waals surface area contributed by atoms with Crippen molar-refractivity contribution in [1.29, 1.82) is 0 Å². The highest BCUT2D eigenvalue weighted by atomic mass is 35.5. The van der Waals surface area contributed by atoms with Crippen molar-refractivity contribution in [2.24, 2.45) is 0 Å². The van der Waals surface area contributed by atoms with Crippen LogP contribution in [0.1, 0.15) is 5.56 Å². The fourth-order valence-electron chi connectivity index (χ4n) is 1.53. The number of nitro groups is 1. The Hall–Kier alpha value is -1.64. The Bertz CT molecular complexity index is 675. The summed E-state index contributed by atoms with van der Waals surface area (Å²) in [5.74, 6) is -1.15. The molecule has 20 heavy (non-hydrogen) atoms. The van der Waals surface area contributed by atoms with E-state index in [0.29, 0.717) is 4.32 Å². The van der Waals surface area contributed by atoms with Crippen LogP contribution in [0.25, 0.3) is 6.08 Å². The average molecular weight is 330 g/mol. The topological polar surface area (TPSA) is 86.5 Å². The quantitative estimate of drug-likeness (QED) is 0.357. The molecular formula is C11H6ClN2O4S2-. The summed E-state index contributed by atoms with van der Waals surface area (Å²) in [4.78, 5) is 23.3. The monoisotopic (exact) mass is 329 g/mol. The number of hydrogen-bond donors (Lipinski definition) is 0. The number of likely N-dealkylation sites (N-methyl/N-ethyl adjacent to an activating group) is 1. The first kappa shape index (κ1) is 14.8. The molecule has 6 nitrogen and oxygen atoms in total. The van der Waals surface area contributed by atoms with Crippen LogP contribution in [-0.4, -0.2) is 27.1 Å². The normalized spacial score (nSPS) is 17.1. The lowest BCUT2D eigenvalue weighted by molar-refractivity contribution is -0.398. The van der Waals surface area contributed by atoms with E-state index in [2.05, 4.69) is 0 Å². The average Bonchev–Trinajstić information content (AvgIpc) is 2.61. The number of halogens is 1. The Morgan fingerprint density at radius 1 is 1.50 bits per heavy atom. The second-order valence-electron chi connectivity index (χ2n) is 3.84. The summed E-state index contributed by atoms with van der Waals surface area (Å²) in [5.41, 5.74) is -0.645. The Balaban J connectivity index is 2.52. The smallest absolute Gasteiger partial charge is 0.265 e. The molecule has 0 radical (unpaired) electrons. The van der Waals surface area contributed by atoms with E-state index in [9.17, 15) is 20.0 Å². The van der Waals surface area contributed by atoms with Gasteiger partial charge in [-0.2, -0.15) is 0 Å². The third-order valence-electron chi connectivity index (χ3n) is 2.53. The van der Waals surface area contributed by atoms with Gasteiger partial charge in [-0.3, -0.25) is 19.8 Å². The Kier molecular flexibility index (Phi) is 3.98. The molecule has 0 aliphatic carbocycles. The fraction of sp³-hybridized carbons (Fsp3) is 0.0909. The Labute approximate surface area is 128 Å². The third-order valence-corrected chi connectivity index (χ3v) is 4.24. The maximum atomic E-state index is 11.9. The molecule has 0 bridgehead atoms. The molecule has 1 amide bonds. The minimum atomic E-state index is -0.809. The van der Waals surface area contributed by atoms with Crippen LogP contribution in [0, 0.1) is 10.1 Å². The molecule has 1 aromatic rings. The van der Waals surface area contributed by atoms with Gasteiger partial charge in [0.2, 0.25) is 0 Å². The van der Waals surface area contributed by atoms with Crippen LogP contribution in [0.3, 0.4) is 0 Å². The molecule has 2 rings (SSSR count). The first-order valence-corrected chi connectivity index (χ1v) is 6.78. The van der Waals surface area contributed by atoms with Crippen LogP contribution in [-0.2, 0) is 4.79 Å². The molecule has 1 aliphatic heterocycles. The zero-order valence-electron chi connectivity index (χ0n) is 9.95. The van der Waals surface area contributed by atoms with Crippen molar-refractivity contribution in [2.45, 2.75) is 0 Å². The highest BCUT2D eigenvalue weighted by Crippen LogP contribution is 2.36. The molecule has 0 unspecified atom stereocenters. The summed E-state index contributed by atoms with van der Waals surface area (Å²) in [6.45, 7) is 0. The predicted molar refractivity (Wildman–Crippen MR) is 78.5 cm³/mol. The Morgan fingerprint density at radius 2 is 2.15 bits per heavy atom. The van der Waals surface area contributed by atoms with Gasteiger partial charge in [0.25, 0.3) is 11.6 Å². The maximum absolute atomic E-state index is 11.9. The first-order valence-electron chi connectivity index (χ1n) is 5.17. The van der Waals surface area contributed by atoms with E-state index >= 15 is 0 Å². The van der Waals surface area contributed by atoms with Crippen molar-refractivity contribution >= 4 is 57.6 Å². The fourth-order valence-corrected chi connectivity index (χ4v) is 2.92. The second-order valence-corrected chi connectivity index (χ2v) is 5.95. The SMILES string of the molecule is CN1C(=O)/C(=C/c2cc(Cl)cc([N+](=O)[O-])c2[O-])SC1=S. The second kappa shape index (κ2) is 5.39. The highest BCUT2D eigenvalue weighted by molar-refractivity contribution is 8.26. The van der Waals surface area contributed by atoms with Crippen LogP contribution in [0.5, 0.6) is 5.75 Å². The van der Waals surface area contributed by atoms with Crippen molar-refractivity contribution in [3.63, 3.8) is 0 Å². The highest BCUT2D eigenvalue weighted by Gasteiger charge is 2.29. The van der Waals surface area contributed by atoms with E-state index in [1.54, 1.807) is 0 Å². The van der Waals surface area contributed by atoms with Gasteiger partial charge in [-0.1, -0.05) is 35.6 Å². The molecule has 0 saturated carbocycles. The minimum Gasteiger partial charge on any atom is -0.867 e. The molecule has 0 spiro atoms. The molecule has 9 heteroatoms. The molecule has 104 valence electrons. The number of carbonyl (C=O) groups excluding carboxylic acids is 1. The summed E-state index contributed by atoms with van der Waals surface area (Å²) in [5, 5.41) is 22.7. The number of rotatable bonds is 2. The molecule has 0 atom stereocenters. The summed E-state index contributed by atoms with van der Waals surface area (Å²) in [6.07, 6.45) is 1.27. The number of thioether (sulfide) groups is 1. The van der Waals surface area contributed by atoms with Gasteiger partial charge in [-0.05, 0) is 23.5 Å². The van der Waals surface area contributed by atoms with Gasteiger partial charge < -0.3 is 5.11 Å². The lowest BCUT2D eigenvalue weighted by Crippen LogP contribution is -2.22. The number of hydrogen-bond acceptors (Lipinski definition) is 6. The van der Waals surface area contributed by atoms with E-state index < -0.39 is 16.4 Å². The van der Waals surface area contributed by atoms with Gasteiger partial charge in [0, 0.05) is 18.1 Å². The van der Waals surface area contributed by atoms with E-state index in [-0.39, 0.29) is 21.4 Å². The number of benzene rings is 1. The molecule has 1 saturated heterocycles. The summed E-state index contributed by atoms with van der Waals surface area (Å²) in [6, 6.07) is 2.26. The number of carbonyl (C=O) groups is 1. The molecular weight excluding hydrogens is 324 g/mol. The number of nitrogens with zero attached hydrogens (tertiary/aromatic N) is 2. The van der Waals surface area contributed by atoms with Crippen LogP contribution in [0.2, 0.25) is 5.02 Å². The van der Waals surface area contributed by atoms with Crippen LogP contribution in [0.15, 0.2) is 17.0 Å². The maximum Gasteiger partial charge on any atom is 0.265 e. The molecule has 1 aliphatic rings. The lowest BCUT2D eigenvalue weighted by atomic mass is 10.1. The minimum absolute atomic E-state index is 0.0156. The van der Waals surface area contributed by atoms with E-state index in [1.165, 1.54) is 24.1 Å². The van der Waals surface area contributed by atoms with Crippen molar-refractivity contribution in [2.75, 3.05) is 7.05 Å². The summed E-state index contributed by atoms with van der Waals surface area (Å²) in [7, 11) is 1.51. The molecule has 0 N–H and O–H groups in total. The predicted octanol–water partition coefficient (Wildman–Crippen LogP) is 2.15. The van der Waals surface area contributed by atoms with Gasteiger partial charge in [-0.15, -0.1) is 0 Å². The van der Waals surface area contributed by atoms with E-state index in [0.717, 1.165) is 17.8 Å². The molecule has 1 heterocycles. The Morgan fingerprint density at radius 3 is 2.65 bits per heavy atom. The van der Waals surface area contributed by atoms with Gasteiger partial charge in [0.15, 0.2) is 0 Å².